The highest BCUT2D eigenvalue weighted by Crippen LogP contribution is 2.34. The molecule has 2 rings (SSSR count). The number of ether oxygens (including phenoxy) is 2. The normalized spacial score (nSPS) is 9.96. The van der Waals surface area contributed by atoms with Crippen LogP contribution in [0.1, 0.15) is 6.92 Å². The molecule has 2 amide bonds. The smallest absolute Gasteiger partial charge is 0.420 e. The molecule has 2 aromatic carbocycles. The highest BCUT2D eigenvalue weighted by molar-refractivity contribution is 8.13. The molecule has 26 heavy (non-hydrogen) atoms. The van der Waals surface area contributed by atoms with Crippen LogP contribution in [0.2, 0.25) is 0 Å². The molecule has 0 aliphatic heterocycles. The third-order valence-electron chi connectivity index (χ3n) is 3.25. The maximum atomic E-state index is 12.1. The standard InChI is InChI=1S/C18H19N3O4S/c1-12(22)20-15-11-14(25-13-7-5-4-6-8-13)9-10-16(15)21(17(19)26-3)18(23)24-2/h4-11,19H,1-3H3,(H,20,22). The van der Waals surface area contributed by atoms with Crippen molar-refractivity contribution in [2.75, 3.05) is 23.6 Å². The summed E-state index contributed by atoms with van der Waals surface area (Å²) in [5.74, 6) is 0.795. The average molecular weight is 373 g/mol. The summed E-state index contributed by atoms with van der Waals surface area (Å²) in [5, 5.41) is 10.6. The molecule has 0 aliphatic carbocycles. The summed E-state index contributed by atoms with van der Waals surface area (Å²) >= 11 is 1.07. The number of nitrogens with zero attached hydrogens (tertiary/aromatic N) is 1. The minimum atomic E-state index is -0.729. The number of thioether (sulfide) groups is 1. The number of carbonyl (C=O) groups is 2. The van der Waals surface area contributed by atoms with Gasteiger partial charge in [-0.1, -0.05) is 30.0 Å². The molecular weight excluding hydrogens is 354 g/mol. The fourth-order valence-corrected chi connectivity index (χ4v) is 2.52. The number of carbonyl (C=O) groups excluding carboxylic acids is 2. The largest absolute Gasteiger partial charge is 0.457 e. The van der Waals surface area contributed by atoms with Crippen molar-refractivity contribution in [3.8, 4) is 11.5 Å². The van der Waals surface area contributed by atoms with Gasteiger partial charge in [0.05, 0.1) is 18.5 Å². The maximum Gasteiger partial charge on any atom is 0.420 e. The molecule has 0 aliphatic rings. The minimum absolute atomic E-state index is 0.0415. The first kappa shape index (κ1) is 19.3. The summed E-state index contributed by atoms with van der Waals surface area (Å²) < 4.78 is 10.5. The zero-order chi connectivity index (χ0) is 19.1. The first-order valence-corrected chi connectivity index (χ1v) is 8.84. The molecular formula is C18H19N3O4S. The van der Waals surface area contributed by atoms with Crippen LogP contribution >= 0.6 is 11.8 Å². The molecule has 0 aromatic heterocycles. The van der Waals surface area contributed by atoms with Crippen molar-refractivity contribution in [3.05, 3.63) is 48.5 Å². The zero-order valence-electron chi connectivity index (χ0n) is 14.6. The summed E-state index contributed by atoms with van der Waals surface area (Å²) in [6.45, 7) is 1.36. The number of methoxy groups -OCH3 is 1. The van der Waals surface area contributed by atoms with Gasteiger partial charge in [-0.15, -0.1) is 0 Å². The molecule has 7 nitrogen and oxygen atoms in total. The molecule has 0 bridgehead atoms. The number of amides is 2. The van der Waals surface area contributed by atoms with Crippen LogP contribution in [0.4, 0.5) is 16.2 Å². The van der Waals surface area contributed by atoms with Gasteiger partial charge >= 0.3 is 6.09 Å². The Labute approximate surface area is 155 Å². The molecule has 0 saturated carbocycles. The van der Waals surface area contributed by atoms with E-state index in [9.17, 15) is 9.59 Å². The Kier molecular flexibility index (Phi) is 6.62. The second kappa shape index (κ2) is 8.91. The van der Waals surface area contributed by atoms with Gasteiger partial charge in [0.15, 0.2) is 5.17 Å². The van der Waals surface area contributed by atoms with Gasteiger partial charge < -0.3 is 14.8 Å². The van der Waals surface area contributed by atoms with Crippen molar-refractivity contribution in [3.63, 3.8) is 0 Å². The van der Waals surface area contributed by atoms with Crippen LogP contribution in [-0.4, -0.2) is 30.5 Å². The topological polar surface area (TPSA) is 91.7 Å². The maximum absolute atomic E-state index is 12.1. The fraction of sp³-hybridized carbons (Fsp3) is 0.167. The molecule has 136 valence electrons. The van der Waals surface area contributed by atoms with Crippen molar-refractivity contribution >= 4 is 40.3 Å². The fourth-order valence-electron chi connectivity index (χ4n) is 2.16. The lowest BCUT2D eigenvalue weighted by Crippen LogP contribution is -2.35. The molecule has 2 N–H and O–H groups in total. The summed E-state index contributed by atoms with van der Waals surface area (Å²) in [6.07, 6.45) is 0.941. The van der Waals surface area contributed by atoms with Crippen LogP contribution in [0.25, 0.3) is 0 Å². The Hall–Kier alpha value is -3.00. The number of nitrogens with one attached hydrogen (secondary N) is 2. The van der Waals surface area contributed by atoms with Gasteiger partial charge in [-0.2, -0.15) is 0 Å². The second-order valence-corrected chi connectivity index (χ2v) is 5.88. The number of amidine groups is 1. The molecule has 0 fully saturated rings. The Balaban J connectivity index is 2.45. The van der Waals surface area contributed by atoms with Gasteiger partial charge in [-0.05, 0) is 30.5 Å². The first-order chi connectivity index (χ1) is 12.5. The Morgan fingerprint density at radius 1 is 1.12 bits per heavy atom. The van der Waals surface area contributed by atoms with E-state index in [4.69, 9.17) is 14.9 Å². The van der Waals surface area contributed by atoms with Gasteiger partial charge in [-0.3, -0.25) is 10.2 Å². The predicted molar refractivity (Wildman–Crippen MR) is 103 cm³/mol. The highest BCUT2D eigenvalue weighted by Gasteiger charge is 2.24. The minimum Gasteiger partial charge on any atom is -0.457 e. The highest BCUT2D eigenvalue weighted by atomic mass is 32.2. The molecule has 0 atom stereocenters. The number of rotatable bonds is 4. The zero-order valence-corrected chi connectivity index (χ0v) is 15.4. The molecule has 0 unspecified atom stereocenters. The molecule has 2 aromatic rings. The van der Waals surface area contributed by atoms with E-state index in [1.165, 1.54) is 14.0 Å². The van der Waals surface area contributed by atoms with Crippen molar-refractivity contribution < 1.29 is 19.1 Å². The van der Waals surface area contributed by atoms with E-state index in [1.807, 2.05) is 18.2 Å². The van der Waals surface area contributed by atoms with Crippen LogP contribution in [-0.2, 0) is 9.53 Å². The lowest BCUT2D eigenvalue weighted by Gasteiger charge is -2.23. The predicted octanol–water partition coefficient (Wildman–Crippen LogP) is 4.31. The lowest BCUT2D eigenvalue weighted by atomic mass is 10.2. The molecule has 0 heterocycles. The van der Waals surface area contributed by atoms with Crippen LogP contribution in [0, 0.1) is 5.41 Å². The Morgan fingerprint density at radius 3 is 2.38 bits per heavy atom. The van der Waals surface area contributed by atoms with Crippen LogP contribution < -0.4 is 15.0 Å². The summed E-state index contributed by atoms with van der Waals surface area (Å²) in [7, 11) is 1.23. The number of para-hydroxylation sites is 1. The van der Waals surface area contributed by atoms with Gasteiger partial charge in [0.1, 0.15) is 11.5 Å². The van der Waals surface area contributed by atoms with E-state index in [0.717, 1.165) is 16.7 Å². The third-order valence-corrected chi connectivity index (χ3v) is 3.82. The first-order valence-electron chi connectivity index (χ1n) is 7.61. The molecule has 0 saturated heterocycles. The third kappa shape index (κ3) is 4.76. The summed E-state index contributed by atoms with van der Waals surface area (Å²) in [6, 6.07) is 14.0. The van der Waals surface area contributed by atoms with Crippen molar-refractivity contribution in [2.45, 2.75) is 6.92 Å². The van der Waals surface area contributed by atoms with Gasteiger partial charge in [0.2, 0.25) is 5.91 Å². The summed E-state index contributed by atoms with van der Waals surface area (Å²) in [5.41, 5.74) is 0.641. The van der Waals surface area contributed by atoms with E-state index < -0.39 is 6.09 Å². The van der Waals surface area contributed by atoms with Crippen LogP contribution in [0.3, 0.4) is 0 Å². The number of benzene rings is 2. The lowest BCUT2D eigenvalue weighted by molar-refractivity contribution is -0.114. The van der Waals surface area contributed by atoms with E-state index in [-0.39, 0.29) is 11.1 Å². The van der Waals surface area contributed by atoms with Crippen molar-refractivity contribution in [1.29, 1.82) is 5.41 Å². The summed E-state index contributed by atoms with van der Waals surface area (Å²) in [4.78, 5) is 24.8. The van der Waals surface area contributed by atoms with Crippen LogP contribution in [0.15, 0.2) is 48.5 Å². The van der Waals surface area contributed by atoms with E-state index in [2.05, 4.69) is 5.32 Å². The van der Waals surface area contributed by atoms with E-state index >= 15 is 0 Å². The van der Waals surface area contributed by atoms with Crippen LogP contribution in [0.5, 0.6) is 11.5 Å². The quantitative estimate of drug-likeness (QED) is 0.615. The monoisotopic (exact) mass is 373 g/mol. The molecule has 0 radical (unpaired) electrons. The van der Waals surface area contributed by atoms with E-state index in [1.54, 1.807) is 36.6 Å². The SMILES string of the molecule is COC(=O)N(C(=N)SC)c1ccc(Oc2ccccc2)cc1NC(C)=O. The van der Waals surface area contributed by atoms with Crippen molar-refractivity contribution in [1.82, 2.24) is 0 Å². The van der Waals surface area contributed by atoms with Gasteiger partial charge in [0.25, 0.3) is 0 Å². The second-order valence-electron chi connectivity index (χ2n) is 5.09. The number of hydrogen-bond acceptors (Lipinski definition) is 6. The average Bonchev–Trinajstić information content (AvgIpc) is 2.63. The Morgan fingerprint density at radius 2 is 1.81 bits per heavy atom. The Bertz CT molecular complexity index is 795. The molecule has 0 spiro atoms. The van der Waals surface area contributed by atoms with E-state index in [0.29, 0.717) is 22.9 Å². The van der Waals surface area contributed by atoms with Gasteiger partial charge in [0, 0.05) is 13.0 Å². The number of hydrogen-bond donors (Lipinski definition) is 2. The number of anilines is 2. The van der Waals surface area contributed by atoms with Crippen molar-refractivity contribution in [2.24, 2.45) is 0 Å². The van der Waals surface area contributed by atoms with Gasteiger partial charge in [-0.25, -0.2) is 9.69 Å². The molecule has 8 heteroatoms.